The number of esters is 1. The van der Waals surface area contributed by atoms with Crippen molar-refractivity contribution in [2.75, 3.05) is 20.7 Å². The zero-order chi connectivity index (χ0) is 11.4. The largest absolute Gasteiger partial charge is 0.462 e. The molecule has 14 heavy (non-hydrogen) atoms. The van der Waals surface area contributed by atoms with Gasteiger partial charge in [0.05, 0.1) is 7.11 Å². The number of amides is 1. The zero-order valence-electron chi connectivity index (χ0n) is 9.59. The number of likely N-dealkylation sites (N-methyl/N-ethyl adjacent to an activating group) is 1. The van der Waals surface area contributed by atoms with Gasteiger partial charge in [0.25, 0.3) is 0 Å². The molecule has 82 valence electrons. The number of rotatable bonds is 2. The van der Waals surface area contributed by atoms with Crippen molar-refractivity contribution in [2.24, 2.45) is 5.41 Å². The van der Waals surface area contributed by atoms with Crippen molar-refractivity contribution >= 4 is 11.9 Å². The van der Waals surface area contributed by atoms with Crippen LogP contribution in [-0.4, -0.2) is 37.5 Å². The molecule has 4 heteroatoms. The second-order valence-corrected chi connectivity index (χ2v) is 4.53. The van der Waals surface area contributed by atoms with Gasteiger partial charge in [-0.15, -0.1) is 0 Å². The minimum atomic E-state index is -0.804. The molecular formula is C10H19NO3. The standard InChI is InChI=1S/C10H19NO3/c1-10(2,3)6-7-11(4)8(12)9(13)14-5/h6-7H2,1-5H3. The van der Waals surface area contributed by atoms with E-state index in [9.17, 15) is 9.59 Å². The van der Waals surface area contributed by atoms with Crippen molar-refractivity contribution in [2.45, 2.75) is 27.2 Å². The van der Waals surface area contributed by atoms with Crippen LogP contribution in [0, 0.1) is 5.41 Å². The number of carbonyl (C=O) groups is 2. The van der Waals surface area contributed by atoms with E-state index in [1.807, 2.05) is 0 Å². The second kappa shape index (κ2) is 4.98. The van der Waals surface area contributed by atoms with Crippen LogP contribution in [0.2, 0.25) is 0 Å². The molecule has 0 bridgehead atoms. The van der Waals surface area contributed by atoms with E-state index in [0.29, 0.717) is 6.54 Å². The molecule has 0 aromatic heterocycles. The highest BCUT2D eigenvalue weighted by atomic mass is 16.5. The summed E-state index contributed by atoms with van der Waals surface area (Å²) in [6.07, 6.45) is 0.853. The molecule has 0 aromatic carbocycles. The summed E-state index contributed by atoms with van der Waals surface area (Å²) in [5.74, 6) is -1.39. The normalized spacial score (nSPS) is 10.9. The van der Waals surface area contributed by atoms with Crippen LogP contribution in [0.25, 0.3) is 0 Å². The maximum Gasteiger partial charge on any atom is 0.396 e. The fraction of sp³-hybridized carbons (Fsp3) is 0.800. The van der Waals surface area contributed by atoms with Crippen LogP contribution in [0.4, 0.5) is 0 Å². The highest BCUT2D eigenvalue weighted by molar-refractivity contribution is 6.32. The van der Waals surface area contributed by atoms with Gasteiger partial charge in [-0.2, -0.15) is 0 Å². The molecule has 0 heterocycles. The van der Waals surface area contributed by atoms with Gasteiger partial charge in [0.1, 0.15) is 0 Å². The summed E-state index contributed by atoms with van der Waals surface area (Å²) in [4.78, 5) is 23.5. The monoisotopic (exact) mass is 201 g/mol. The third-order valence-corrected chi connectivity index (χ3v) is 1.90. The number of carbonyl (C=O) groups excluding carboxylic acids is 2. The van der Waals surface area contributed by atoms with Crippen molar-refractivity contribution in [1.29, 1.82) is 0 Å². The maximum absolute atomic E-state index is 11.2. The molecule has 0 unspecified atom stereocenters. The average molecular weight is 201 g/mol. The van der Waals surface area contributed by atoms with Crippen LogP contribution >= 0.6 is 0 Å². The van der Waals surface area contributed by atoms with E-state index in [2.05, 4.69) is 25.5 Å². The van der Waals surface area contributed by atoms with Gasteiger partial charge < -0.3 is 9.64 Å². The lowest BCUT2D eigenvalue weighted by atomic mass is 9.92. The molecule has 0 saturated heterocycles. The summed E-state index contributed by atoms with van der Waals surface area (Å²) in [5, 5.41) is 0. The first-order valence-electron chi connectivity index (χ1n) is 4.61. The van der Waals surface area contributed by atoms with Gasteiger partial charge in [-0.1, -0.05) is 20.8 Å². The number of methoxy groups -OCH3 is 1. The lowest BCUT2D eigenvalue weighted by molar-refractivity contribution is -0.157. The SMILES string of the molecule is COC(=O)C(=O)N(C)CCC(C)(C)C. The Kier molecular flexibility index (Phi) is 4.60. The first-order valence-corrected chi connectivity index (χ1v) is 4.61. The number of hydrogen-bond donors (Lipinski definition) is 0. The number of nitrogens with zero attached hydrogens (tertiary/aromatic N) is 1. The lowest BCUT2D eigenvalue weighted by Crippen LogP contribution is -2.35. The first kappa shape index (κ1) is 12.9. The van der Waals surface area contributed by atoms with E-state index in [1.165, 1.54) is 12.0 Å². The topological polar surface area (TPSA) is 46.6 Å². The van der Waals surface area contributed by atoms with E-state index in [1.54, 1.807) is 7.05 Å². The van der Waals surface area contributed by atoms with Crippen LogP contribution < -0.4 is 0 Å². The van der Waals surface area contributed by atoms with Gasteiger partial charge in [0, 0.05) is 13.6 Å². The van der Waals surface area contributed by atoms with Gasteiger partial charge in [-0.3, -0.25) is 4.79 Å². The molecule has 4 nitrogen and oxygen atoms in total. The lowest BCUT2D eigenvalue weighted by Gasteiger charge is -2.22. The van der Waals surface area contributed by atoms with E-state index >= 15 is 0 Å². The first-order chi connectivity index (χ1) is 6.28. The number of hydrogen-bond acceptors (Lipinski definition) is 3. The Balaban J connectivity index is 4.03. The molecule has 0 fully saturated rings. The predicted octanol–water partition coefficient (Wildman–Crippen LogP) is 1.05. The molecule has 0 radical (unpaired) electrons. The summed E-state index contributed by atoms with van der Waals surface area (Å²) in [6.45, 7) is 6.83. The van der Waals surface area contributed by atoms with Crippen LogP contribution in [-0.2, 0) is 14.3 Å². The quantitative estimate of drug-likeness (QED) is 0.495. The third-order valence-electron chi connectivity index (χ3n) is 1.90. The Morgan fingerprint density at radius 3 is 2.14 bits per heavy atom. The molecule has 1 amide bonds. The van der Waals surface area contributed by atoms with E-state index in [0.717, 1.165) is 6.42 Å². The Morgan fingerprint density at radius 1 is 1.29 bits per heavy atom. The minimum absolute atomic E-state index is 0.157. The van der Waals surface area contributed by atoms with Crippen molar-refractivity contribution in [3.8, 4) is 0 Å². The Morgan fingerprint density at radius 2 is 1.79 bits per heavy atom. The second-order valence-electron chi connectivity index (χ2n) is 4.53. The fourth-order valence-corrected chi connectivity index (χ4v) is 0.848. The number of ether oxygens (including phenoxy) is 1. The van der Waals surface area contributed by atoms with Crippen LogP contribution in [0.15, 0.2) is 0 Å². The highest BCUT2D eigenvalue weighted by Crippen LogP contribution is 2.18. The van der Waals surface area contributed by atoms with Gasteiger partial charge in [0.15, 0.2) is 0 Å². The van der Waals surface area contributed by atoms with Gasteiger partial charge in [-0.25, -0.2) is 4.79 Å². The summed E-state index contributed by atoms with van der Waals surface area (Å²) in [5.41, 5.74) is 0.157. The average Bonchev–Trinajstić information content (AvgIpc) is 2.10. The van der Waals surface area contributed by atoms with Crippen LogP contribution in [0.5, 0.6) is 0 Å². The molecule has 0 N–H and O–H groups in total. The molecule has 0 saturated carbocycles. The van der Waals surface area contributed by atoms with Crippen molar-refractivity contribution in [1.82, 2.24) is 4.90 Å². The molecule has 0 aliphatic heterocycles. The fourth-order valence-electron chi connectivity index (χ4n) is 0.848. The van der Waals surface area contributed by atoms with Crippen molar-refractivity contribution in [3.63, 3.8) is 0 Å². The Hall–Kier alpha value is -1.06. The molecular weight excluding hydrogens is 182 g/mol. The smallest absolute Gasteiger partial charge is 0.396 e. The van der Waals surface area contributed by atoms with E-state index in [4.69, 9.17) is 0 Å². The minimum Gasteiger partial charge on any atom is -0.462 e. The molecule has 0 atom stereocenters. The molecule has 0 aliphatic carbocycles. The summed E-state index contributed by atoms with van der Waals surface area (Å²) < 4.78 is 4.33. The highest BCUT2D eigenvalue weighted by Gasteiger charge is 2.20. The van der Waals surface area contributed by atoms with Crippen molar-refractivity contribution in [3.05, 3.63) is 0 Å². The van der Waals surface area contributed by atoms with E-state index < -0.39 is 11.9 Å². The summed E-state index contributed by atoms with van der Waals surface area (Å²) >= 11 is 0. The van der Waals surface area contributed by atoms with Gasteiger partial charge in [0.2, 0.25) is 0 Å². The molecule has 0 aromatic rings. The summed E-state index contributed by atoms with van der Waals surface area (Å²) in [7, 11) is 2.81. The molecule has 0 rings (SSSR count). The predicted molar refractivity (Wildman–Crippen MR) is 53.7 cm³/mol. The third kappa shape index (κ3) is 4.84. The van der Waals surface area contributed by atoms with Gasteiger partial charge >= 0.3 is 11.9 Å². The van der Waals surface area contributed by atoms with Gasteiger partial charge in [-0.05, 0) is 11.8 Å². The summed E-state index contributed by atoms with van der Waals surface area (Å²) in [6, 6.07) is 0. The molecule has 0 aliphatic rings. The molecule has 0 spiro atoms. The Labute approximate surface area is 85.2 Å². The van der Waals surface area contributed by atoms with Crippen LogP contribution in [0.3, 0.4) is 0 Å². The van der Waals surface area contributed by atoms with Crippen LogP contribution in [0.1, 0.15) is 27.2 Å². The Bertz CT molecular complexity index is 218. The van der Waals surface area contributed by atoms with E-state index in [-0.39, 0.29) is 5.41 Å². The maximum atomic E-state index is 11.2. The van der Waals surface area contributed by atoms with Crippen molar-refractivity contribution < 1.29 is 14.3 Å². The zero-order valence-corrected chi connectivity index (χ0v) is 9.59.